The van der Waals surface area contributed by atoms with Crippen molar-refractivity contribution in [2.24, 2.45) is 10.4 Å². The van der Waals surface area contributed by atoms with Crippen LogP contribution < -0.4 is 10.6 Å². The van der Waals surface area contributed by atoms with E-state index in [9.17, 15) is 8.42 Å². The summed E-state index contributed by atoms with van der Waals surface area (Å²) < 4.78 is 30.8. The number of hydrogen-bond acceptors (Lipinski definition) is 4. The quantitative estimate of drug-likeness (QED) is 0.218. The van der Waals surface area contributed by atoms with Gasteiger partial charge in [0, 0.05) is 46.4 Å². The molecule has 2 aliphatic rings. The number of sulfonamides is 1. The molecular weight excluding hydrogens is 467 g/mol. The van der Waals surface area contributed by atoms with Crippen molar-refractivity contribution in [2.75, 3.05) is 52.2 Å². The minimum Gasteiger partial charge on any atom is -0.382 e. The smallest absolute Gasteiger partial charge is 0.214 e. The molecule has 1 saturated heterocycles. The molecule has 0 aromatic heterocycles. The van der Waals surface area contributed by atoms with E-state index in [-0.39, 0.29) is 29.7 Å². The van der Waals surface area contributed by atoms with Crippen LogP contribution in [0.4, 0.5) is 0 Å². The summed E-state index contributed by atoms with van der Waals surface area (Å²) in [6.45, 7) is 6.22. The number of nitrogens with zero attached hydrogens (tertiary/aromatic N) is 2. The van der Waals surface area contributed by atoms with Crippen LogP contribution in [0.5, 0.6) is 0 Å². The molecule has 1 aliphatic heterocycles. The van der Waals surface area contributed by atoms with Crippen molar-refractivity contribution in [3.05, 3.63) is 0 Å². The van der Waals surface area contributed by atoms with Gasteiger partial charge in [-0.25, -0.2) is 12.7 Å². The first-order valence-electron chi connectivity index (χ1n) is 9.51. The second-order valence-corrected chi connectivity index (χ2v) is 9.16. The van der Waals surface area contributed by atoms with Gasteiger partial charge in [0.15, 0.2) is 5.96 Å². The number of hydrogen-bond donors (Lipinski definition) is 2. The molecule has 26 heavy (non-hydrogen) atoms. The third-order valence-electron chi connectivity index (χ3n) is 5.36. The Hall–Kier alpha value is -0.130. The molecule has 9 heteroatoms. The second-order valence-electron chi connectivity index (χ2n) is 7.08. The van der Waals surface area contributed by atoms with Crippen LogP contribution >= 0.6 is 24.0 Å². The number of ether oxygens (including phenoxy) is 1. The topological polar surface area (TPSA) is 83.0 Å². The van der Waals surface area contributed by atoms with Gasteiger partial charge in [0.1, 0.15) is 0 Å². The lowest BCUT2D eigenvalue weighted by molar-refractivity contribution is 0.105. The largest absolute Gasteiger partial charge is 0.382 e. The van der Waals surface area contributed by atoms with Crippen molar-refractivity contribution in [2.45, 2.75) is 45.4 Å². The molecule has 0 aromatic carbocycles. The highest BCUT2D eigenvalue weighted by Gasteiger charge is 2.33. The normalized spacial score (nSPS) is 22.2. The highest BCUT2D eigenvalue weighted by molar-refractivity contribution is 14.0. The first-order valence-corrected chi connectivity index (χ1v) is 11.1. The van der Waals surface area contributed by atoms with Crippen LogP contribution in [0.3, 0.4) is 0 Å². The molecule has 1 heterocycles. The molecule has 0 unspecified atom stereocenters. The van der Waals surface area contributed by atoms with Gasteiger partial charge in [-0.05, 0) is 38.0 Å². The monoisotopic (exact) mass is 502 g/mol. The van der Waals surface area contributed by atoms with E-state index in [0.717, 1.165) is 38.6 Å². The molecule has 1 aliphatic carbocycles. The minimum atomic E-state index is -3.02. The van der Waals surface area contributed by atoms with Gasteiger partial charge >= 0.3 is 0 Å². The Morgan fingerprint density at radius 2 is 1.96 bits per heavy atom. The fourth-order valence-electron chi connectivity index (χ4n) is 3.81. The van der Waals surface area contributed by atoms with Gasteiger partial charge in [0.25, 0.3) is 0 Å². The molecule has 2 N–H and O–H groups in total. The van der Waals surface area contributed by atoms with Gasteiger partial charge in [-0.15, -0.1) is 24.0 Å². The van der Waals surface area contributed by atoms with E-state index < -0.39 is 10.0 Å². The highest BCUT2D eigenvalue weighted by Crippen LogP contribution is 2.40. The minimum absolute atomic E-state index is 0. The van der Waals surface area contributed by atoms with Gasteiger partial charge in [-0.2, -0.15) is 0 Å². The molecule has 2 rings (SSSR count). The zero-order valence-electron chi connectivity index (χ0n) is 16.1. The molecule has 0 spiro atoms. The lowest BCUT2D eigenvalue weighted by Crippen LogP contribution is -2.45. The molecule has 154 valence electrons. The molecule has 0 radical (unpaired) electrons. The van der Waals surface area contributed by atoms with Crippen molar-refractivity contribution < 1.29 is 13.2 Å². The first kappa shape index (κ1) is 23.9. The van der Waals surface area contributed by atoms with Gasteiger partial charge < -0.3 is 15.4 Å². The molecule has 1 saturated carbocycles. The van der Waals surface area contributed by atoms with Crippen LogP contribution in [0.15, 0.2) is 4.99 Å². The summed E-state index contributed by atoms with van der Waals surface area (Å²) in [4.78, 5) is 4.27. The van der Waals surface area contributed by atoms with Gasteiger partial charge in [0.2, 0.25) is 10.0 Å². The van der Waals surface area contributed by atoms with E-state index in [1.54, 1.807) is 11.4 Å². The predicted molar refractivity (Wildman–Crippen MR) is 117 cm³/mol. The average Bonchev–Trinajstić information content (AvgIpc) is 3.18. The number of guanidine groups is 1. The third-order valence-corrected chi connectivity index (χ3v) is 7.31. The second kappa shape index (κ2) is 11.7. The Bertz CT molecular complexity index is 536. The summed E-state index contributed by atoms with van der Waals surface area (Å²) in [6.07, 6.45) is 6.85. The Labute approximate surface area is 175 Å². The van der Waals surface area contributed by atoms with Crippen LogP contribution in [-0.4, -0.2) is 70.9 Å². The number of rotatable bonds is 9. The molecule has 2 fully saturated rings. The van der Waals surface area contributed by atoms with Crippen LogP contribution in [0, 0.1) is 5.41 Å². The molecule has 0 atom stereocenters. The van der Waals surface area contributed by atoms with Crippen molar-refractivity contribution in [1.82, 2.24) is 14.9 Å². The van der Waals surface area contributed by atoms with Crippen LogP contribution in [0.25, 0.3) is 0 Å². The maximum Gasteiger partial charge on any atom is 0.214 e. The molecule has 0 amide bonds. The Balaban J connectivity index is 0.00000338. The zero-order valence-corrected chi connectivity index (χ0v) is 19.3. The highest BCUT2D eigenvalue weighted by atomic mass is 127. The van der Waals surface area contributed by atoms with Gasteiger partial charge in [-0.1, -0.05) is 12.8 Å². The summed E-state index contributed by atoms with van der Waals surface area (Å²) in [6, 6.07) is 0. The van der Waals surface area contributed by atoms with Crippen molar-refractivity contribution in [3.8, 4) is 0 Å². The van der Waals surface area contributed by atoms with E-state index in [1.807, 2.05) is 6.92 Å². The van der Waals surface area contributed by atoms with E-state index in [4.69, 9.17) is 4.74 Å². The van der Waals surface area contributed by atoms with Gasteiger partial charge in [0.05, 0.1) is 5.75 Å². The summed E-state index contributed by atoms with van der Waals surface area (Å²) >= 11 is 0. The molecule has 7 nitrogen and oxygen atoms in total. The number of nitrogens with one attached hydrogen (secondary N) is 2. The number of aliphatic imine (C=N–C) groups is 1. The van der Waals surface area contributed by atoms with Crippen molar-refractivity contribution in [3.63, 3.8) is 0 Å². The Morgan fingerprint density at radius 1 is 1.23 bits per heavy atom. The summed E-state index contributed by atoms with van der Waals surface area (Å²) in [7, 11) is -1.27. The van der Waals surface area contributed by atoms with Crippen molar-refractivity contribution in [1.29, 1.82) is 0 Å². The maximum absolute atomic E-state index is 11.8. The van der Waals surface area contributed by atoms with Gasteiger partial charge in [-0.3, -0.25) is 4.99 Å². The lowest BCUT2D eigenvalue weighted by atomic mass is 9.83. The zero-order chi connectivity index (χ0) is 18.2. The SMILES string of the molecule is CCOCCC1(CNC(=NC)NCCN2CCCS2(=O)=O)CCCC1.I. The molecular formula is C17H35IN4O3S. The number of halogens is 1. The van der Waals surface area contributed by atoms with E-state index in [1.165, 1.54) is 25.7 Å². The summed E-state index contributed by atoms with van der Waals surface area (Å²) in [5, 5.41) is 6.68. The lowest BCUT2D eigenvalue weighted by Gasteiger charge is -2.30. The Morgan fingerprint density at radius 3 is 2.54 bits per heavy atom. The van der Waals surface area contributed by atoms with Crippen LogP contribution in [0.2, 0.25) is 0 Å². The fraction of sp³-hybridized carbons (Fsp3) is 0.941. The molecule has 0 bridgehead atoms. The maximum atomic E-state index is 11.8. The van der Waals surface area contributed by atoms with E-state index in [0.29, 0.717) is 25.0 Å². The van der Waals surface area contributed by atoms with E-state index >= 15 is 0 Å². The Kier molecular flexibility index (Phi) is 10.7. The van der Waals surface area contributed by atoms with Crippen LogP contribution in [-0.2, 0) is 14.8 Å². The van der Waals surface area contributed by atoms with Crippen LogP contribution in [0.1, 0.15) is 45.4 Å². The average molecular weight is 502 g/mol. The summed E-state index contributed by atoms with van der Waals surface area (Å²) in [5.41, 5.74) is 0.297. The first-order chi connectivity index (χ1) is 12.0. The van der Waals surface area contributed by atoms with Crippen molar-refractivity contribution >= 4 is 40.0 Å². The third kappa shape index (κ3) is 7.12. The fourth-order valence-corrected chi connectivity index (χ4v) is 5.34. The molecule has 0 aromatic rings. The standard InChI is InChI=1S/C17H34N4O3S.HI/c1-3-24-13-9-17(7-4-5-8-17)15-20-16(18-2)19-10-12-21-11-6-14-25(21,22)23;/h3-15H2,1-2H3,(H2,18,19,20);1H. The predicted octanol–water partition coefficient (Wildman–Crippen LogP) is 1.79. The summed E-state index contributed by atoms with van der Waals surface area (Å²) in [5.74, 6) is 1.03. The van der Waals surface area contributed by atoms with E-state index in [2.05, 4.69) is 15.6 Å².